The fraction of sp³-hybridized carbons (Fsp3) is 0.500. The van der Waals surface area contributed by atoms with Crippen molar-refractivity contribution >= 4 is 5.97 Å². The molecule has 0 spiro atoms. The van der Waals surface area contributed by atoms with E-state index in [0.717, 1.165) is 5.56 Å². The van der Waals surface area contributed by atoms with Crippen LogP contribution in [0.5, 0.6) is 5.75 Å². The van der Waals surface area contributed by atoms with Crippen LogP contribution in [0.3, 0.4) is 0 Å². The van der Waals surface area contributed by atoms with E-state index in [0.29, 0.717) is 11.7 Å². The Morgan fingerprint density at radius 2 is 2.00 bits per heavy atom. The Labute approximate surface area is 108 Å². The summed E-state index contributed by atoms with van der Waals surface area (Å²) in [5, 5.41) is 0. The zero-order chi connectivity index (χ0) is 13.7. The van der Waals surface area contributed by atoms with Gasteiger partial charge in [-0.25, -0.2) is 0 Å². The summed E-state index contributed by atoms with van der Waals surface area (Å²) in [4.78, 5) is 11.3. The molecule has 0 aliphatic carbocycles. The van der Waals surface area contributed by atoms with Crippen LogP contribution in [0.1, 0.15) is 43.4 Å². The molecule has 0 aliphatic heterocycles. The van der Waals surface area contributed by atoms with Crippen molar-refractivity contribution in [3.8, 4) is 5.75 Å². The lowest BCUT2D eigenvalue weighted by Gasteiger charge is -2.17. The number of carbonyl (C=O) groups excluding carboxylic acids is 1. The molecule has 1 rings (SSSR count). The lowest BCUT2D eigenvalue weighted by molar-refractivity contribution is -0.141. The van der Waals surface area contributed by atoms with Crippen molar-refractivity contribution in [2.45, 2.75) is 32.2 Å². The SMILES string of the molecule is COC(=O)CC(N)c1cc(C(C)C)ccc1OC. The Morgan fingerprint density at radius 1 is 1.33 bits per heavy atom. The zero-order valence-electron chi connectivity index (χ0n) is 11.4. The Morgan fingerprint density at radius 3 is 2.50 bits per heavy atom. The van der Waals surface area contributed by atoms with Crippen LogP contribution in [0.25, 0.3) is 0 Å². The molecule has 0 amide bonds. The van der Waals surface area contributed by atoms with Gasteiger partial charge in [-0.05, 0) is 17.5 Å². The van der Waals surface area contributed by atoms with E-state index in [1.54, 1.807) is 7.11 Å². The molecule has 2 N–H and O–H groups in total. The van der Waals surface area contributed by atoms with Gasteiger partial charge in [0, 0.05) is 11.6 Å². The van der Waals surface area contributed by atoms with Gasteiger partial charge >= 0.3 is 5.97 Å². The second-order valence-electron chi connectivity index (χ2n) is 4.54. The second kappa shape index (κ2) is 6.40. The van der Waals surface area contributed by atoms with Gasteiger partial charge in [-0.1, -0.05) is 26.0 Å². The number of benzene rings is 1. The summed E-state index contributed by atoms with van der Waals surface area (Å²) in [7, 11) is 2.95. The molecule has 0 saturated carbocycles. The van der Waals surface area contributed by atoms with Crippen LogP contribution in [-0.2, 0) is 9.53 Å². The molecule has 4 heteroatoms. The smallest absolute Gasteiger partial charge is 0.307 e. The minimum atomic E-state index is -0.411. The molecular formula is C14H21NO3. The van der Waals surface area contributed by atoms with Crippen LogP contribution in [-0.4, -0.2) is 20.2 Å². The van der Waals surface area contributed by atoms with E-state index in [1.165, 1.54) is 12.7 Å². The van der Waals surface area contributed by atoms with Gasteiger partial charge in [-0.15, -0.1) is 0 Å². The summed E-state index contributed by atoms with van der Waals surface area (Å²) < 4.78 is 9.92. The molecule has 100 valence electrons. The molecule has 1 unspecified atom stereocenters. The Balaban J connectivity index is 3.03. The number of hydrogen-bond donors (Lipinski definition) is 1. The van der Waals surface area contributed by atoms with E-state index in [4.69, 9.17) is 10.5 Å². The quantitative estimate of drug-likeness (QED) is 0.816. The van der Waals surface area contributed by atoms with Crippen molar-refractivity contribution in [3.63, 3.8) is 0 Å². The molecule has 1 atom stereocenters. The van der Waals surface area contributed by atoms with Gasteiger partial charge in [0.05, 0.1) is 20.6 Å². The molecule has 1 aromatic carbocycles. The number of nitrogens with two attached hydrogens (primary N) is 1. The highest BCUT2D eigenvalue weighted by molar-refractivity contribution is 5.70. The maximum Gasteiger partial charge on any atom is 0.307 e. The fourth-order valence-electron chi connectivity index (χ4n) is 1.77. The van der Waals surface area contributed by atoms with Crippen molar-refractivity contribution in [1.82, 2.24) is 0 Å². The van der Waals surface area contributed by atoms with Gasteiger partial charge in [0.25, 0.3) is 0 Å². The van der Waals surface area contributed by atoms with Crippen LogP contribution in [0.15, 0.2) is 18.2 Å². The summed E-state index contributed by atoms with van der Waals surface area (Å²) in [6.45, 7) is 4.22. The summed E-state index contributed by atoms with van der Waals surface area (Å²) in [5.41, 5.74) is 8.05. The third-order valence-electron chi connectivity index (χ3n) is 2.93. The lowest BCUT2D eigenvalue weighted by Crippen LogP contribution is -2.17. The predicted molar refractivity (Wildman–Crippen MR) is 70.6 cm³/mol. The van der Waals surface area contributed by atoms with Crippen molar-refractivity contribution < 1.29 is 14.3 Å². The zero-order valence-corrected chi connectivity index (χ0v) is 11.4. The molecule has 0 heterocycles. The van der Waals surface area contributed by atoms with Gasteiger partial charge in [0.15, 0.2) is 0 Å². The molecular weight excluding hydrogens is 230 g/mol. The Bertz CT molecular complexity index is 416. The first-order valence-electron chi connectivity index (χ1n) is 5.99. The number of ether oxygens (including phenoxy) is 2. The highest BCUT2D eigenvalue weighted by Crippen LogP contribution is 2.29. The maximum absolute atomic E-state index is 11.3. The molecule has 1 aromatic rings. The topological polar surface area (TPSA) is 61.5 Å². The van der Waals surface area contributed by atoms with Crippen LogP contribution >= 0.6 is 0 Å². The van der Waals surface area contributed by atoms with E-state index in [9.17, 15) is 4.79 Å². The number of rotatable bonds is 5. The molecule has 0 bridgehead atoms. The van der Waals surface area contributed by atoms with Crippen molar-refractivity contribution in [3.05, 3.63) is 29.3 Å². The monoisotopic (exact) mass is 251 g/mol. The van der Waals surface area contributed by atoms with Crippen LogP contribution in [0.4, 0.5) is 0 Å². The molecule has 0 fully saturated rings. The van der Waals surface area contributed by atoms with E-state index in [1.807, 2.05) is 18.2 Å². The highest BCUT2D eigenvalue weighted by Gasteiger charge is 2.17. The second-order valence-corrected chi connectivity index (χ2v) is 4.54. The first-order chi connectivity index (χ1) is 8.49. The molecule has 0 saturated heterocycles. The van der Waals surface area contributed by atoms with Crippen molar-refractivity contribution in [2.24, 2.45) is 5.73 Å². The third-order valence-corrected chi connectivity index (χ3v) is 2.93. The molecule has 4 nitrogen and oxygen atoms in total. The fourth-order valence-corrected chi connectivity index (χ4v) is 1.77. The van der Waals surface area contributed by atoms with Crippen LogP contribution in [0.2, 0.25) is 0 Å². The minimum Gasteiger partial charge on any atom is -0.496 e. The van der Waals surface area contributed by atoms with Crippen LogP contribution < -0.4 is 10.5 Å². The largest absolute Gasteiger partial charge is 0.496 e. The Hall–Kier alpha value is -1.55. The average molecular weight is 251 g/mol. The maximum atomic E-state index is 11.3. The van der Waals surface area contributed by atoms with Crippen molar-refractivity contribution in [2.75, 3.05) is 14.2 Å². The van der Waals surface area contributed by atoms with Gasteiger partial charge in [-0.3, -0.25) is 4.79 Å². The van der Waals surface area contributed by atoms with E-state index >= 15 is 0 Å². The first kappa shape index (κ1) is 14.5. The number of hydrogen-bond acceptors (Lipinski definition) is 4. The van der Waals surface area contributed by atoms with Crippen molar-refractivity contribution in [1.29, 1.82) is 0 Å². The van der Waals surface area contributed by atoms with Gasteiger partial charge in [0.1, 0.15) is 5.75 Å². The molecule has 0 radical (unpaired) electrons. The lowest BCUT2D eigenvalue weighted by atomic mass is 9.96. The third kappa shape index (κ3) is 3.47. The Kier molecular flexibility index (Phi) is 5.16. The van der Waals surface area contributed by atoms with Gasteiger partial charge in [0.2, 0.25) is 0 Å². The minimum absolute atomic E-state index is 0.147. The van der Waals surface area contributed by atoms with E-state index in [2.05, 4.69) is 18.6 Å². The average Bonchev–Trinajstić information content (AvgIpc) is 2.37. The van der Waals surface area contributed by atoms with Crippen LogP contribution in [0, 0.1) is 0 Å². The number of carbonyl (C=O) groups is 1. The molecule has 0 aromatic heterocycles. The van der Waals surface area contributed by atoms with Gasteiger partial charge < -0.3 is 15.2 Å². The number of esters is 1. The molecule has 0 aliphatic rings. The standard InChI is InChI=1S/C14H21NO3/c1-9(2)10-5-6-13(17-3)11(7-10)12(15)8-14(16)18-4/h5-7,9,12H,8,15H2,1-4H3. The number of methoxy groups -OCH3 is 2. The van der Waals surface area contributed by atoms with Gasteiger partial charge in [-0.2, -0.15) is 0 Å². The summed E-state index contributed by atoms with van der Waals surface area (Å²) in [6, 6.07) is 5.49. The first-order valence-corrected chi connectivity index (χ1v) is 5.99. The van der Waals surface area contributed by atoms with E-state index < -0.39 is 6.04 Å². The summed E-state index contributed by atoms with van der Waals surface area (Å²) in [6.07, 6.45) is 0.147. The summed E-state index contributed by atoms with van der Waals surface area (Å²) in [5.74, 6) is 0.787. The highest BCUT2D eigenvalue weighted by atomic mass is 16.5. The normalized spacial score (nSPS) is 12.3. The van der Waals surface area contributed by atoms with E-state index in [-0.39, 0.29) is 12.4 Å². The summed E-state index contributed by atoms with van der Waals surface area (Å²) >= 11 is 0. The predicted octanol–water partition coefficient (Wildman–Crippen LogP) is 2.38. The molecule has 18 heavy (non-hydrogen) atoms.